The van der Waals surface area contributed by atoms with Gasteiger partial charge in [0, 0.05) is 30.4 Å². The van der Waals surface area contributed by atoms with Crippen LogP contribution in [-0.2, 0) is 13.5 Å². The van der Waals surface area contributed by atoms with Gasteiger partial charge in [-0.2, -0.15) is 0 Å². The Balaban J connectivity index is 1.99. The fraction of sp³-hybridized carbons (Fsp3) is 0.105. The first-order valence-corrected chi connectivity index (χ1v) is 7.19. The quantitative estimate of drug-likeness (QED) is 0.531. The van der Waals surface area contributed by atoms with Crippen LogP contribution >= 0.6 is 0 Å². The average molecular weight is 272 g/mol. The summed E-state index contributed by atoms with van der Waals surface area (Å²) in [4.78, 5) is 4.90. The highest BCUT2D eigenvalue weighted by Crippen LogP contribution is 2.28. The van der Waals surface area contributed by atoms with Crippen molar-refractivity contribution >= 4 is 21.8 Å². The normalized spacial score (nSPS) is 11.3. The summed E-state index contributed by atoms with van der Waals surface area (Å²) in [6.07, 6.45) is 2.99. The summed E-state index contributed by atoms with van der Waals surface area (Å²) < 4.78 is 2.19. The van der Waals surface area contributed by atoms with Crippen LogP contribution in [-0.4, -0.2) is 9.55 Å². The fourth-order valence-corrected chi connectivity index (χ4v) is 3.00. The summed E-state index contributed by atoms with van der Waals surface area (Å²) in [6, 6.07) is 21.1. The van der Waals surface area contributed by atoms with Crippen LogP contribution in [0.15, 0.2) is 66.9 Å². The second-order valence-electron chi connectivity index (χ2n) is 5.43. The van der Waals surface area contributed by atoms with Crippen LogP contribution in [0, 0.1) is 0 Å². The number of hydrogen-bond acceptors (Lipinski definition) is 1. The number of benzene rings is 2. The standard InChI is InChI=1S/C19H16N2/c1-21-12-11-16-18(13-14-7-3-2-4-8-14)20-17-10-6-5-9-15(17)19(16)21/h2-12H,13H2,1H3. The van der Waals surface area contributed by atoms with Crippen molar-refractivity contribution in [3.63, 3.8) is 0 Å². The molecule has 0 aliphatic heterocycles. The first-order valence-electron chi connectivity index (χ1n) is 7.19. The van der Waals surface area contributed by atoms with Gasteiger partial charge in [-0.05, 0) is 17.7 Å². The van der Waals surface area contributed by atoms with Crippen molar-refractivity contribution < 1.29 is 0 Å². The molecule has 2 aromatic heterocycles. The molecule has 2 aromatic carbocycles. The predicted molar refractivity (Wildman–Crippen MR) is 87.5 cm³/mol. The number of aryl methyl sites for hydroxylation is 1. The molecule has 21 heavy (non-hydrogen) atoms. The zero-order valence-corrected chi connectivity index (χ0v) is 12.0. The van der Waals surface area contributed by atoms with Gasteiger partial charge in [0.2, 0.25) is 0 Å². The Kier molecular flexibility index (Phi) is 2.74. The van der Waals surface area contributed by atoms with Crippen molar-refractivity contribution in [1.82, 2.24) is 9.55 Å². The summed E-state index contributed by atoms with van der Waals surface area (Å²) >= 11 is 0. The molecule has 4 rings (SSSR count). The van der Waals surface area contributed by atoms with E-state index in [-0.39, 0.29) is 0 Å². The monoisotopic (exact) mass is 272 g/mol. The molecule has 0 spiro atoms. The van der Waals surface area contributed by atoms with Gasteiger partial charge in [0.05, 0.1) is 16.7 Å². The van der Waals surface area contributed by atoms with Crippen LogP contribution in [0.4, 0.5) is 0 Å². The van der Waals surface area contributed by atoms with Crippen LogP contribution in [0.2, 0.25) is 0 Å². The van der Waals surface area contributed by atoms with Gasteiger partial charge >= 0.3 is 0 Å². The summed E-state index contributed by atoms with van der Waals surface area (Å²) in [5.41, 5.74) is 4.78. The van der Waals surface area contributed by atoms with Crippen molar-refractivity contribution in [3.8, 4) is 0 Å². The highest BCUT2D eigenvalue weighted by Gasteiger charge is 2.11. The maximum atomic E-state index is 4.90. The molecule has 2 heterocycles. The number of fused-ring (bicyclic) bond motifs is 3. The molecule has 0 aliphatic carbocycles. The van der Waals surface area contributed by atoms with Crippen molar-refractivity contribution in [2.75, 3.05) is 0 Å². The molecule has 0 unspecified atom stereocenters. The van der Waals surface area contributed by atoms with Gasteiger partial charge in [-0.15, -0.1) is 0 Å². The largest absolute Gasteiger partial charge is 0.350 e. The Bertz CT molecular complexity index is 920. The van der Waals surface area contributed by atoms with Crippen LogP contribution in [0.5, 0.6) is 0 Å². The van der Waals surface area contributed by atoms with Gasteiger partial charge < -0.3 is 4.57 Å². The molecule has 0 saturated carbocycles. The first kappa shape index (κ1) is 12.2. The van der Waals surface area contributed by atoms with Crippen molar-refractivity contribution in [2.24, 2.45) is 7.05 Å². The second kappa shape index (κ2) is 4.74. The molecular weight excluding hydrogens is 256 g/mol. The Hall–Kier alpha value is -2.61. The Labute approximate surface area is 123 Å². The molecule has 0 amide bonds. The molecule has 0 radical (unpaired) electrons. The Morgan fingerprint density at radius 1 is 0.857 bits per heavy atom. The zero-order valence-electron chi connectivity index (χ0n) is 12.0. The third-order valence-corrected chi connectivity index (χ3v) is 4.01. The number of nitrogens with zero attached hydrogens (tertiary/aromatic N) is 2. The maximum Gasteiger partial charge on any atom is 0.0726 e. The van der Waals surface area contributed by atoms with Crippen LogP contribution < -0.4 is 0 Å². The van der Waals surface area contributed by atoms with Gasteiger partial charge in [0.1, 0.15) is 0 Å². The van der Waals surface area contributed by atoms with E-state index in [2.05, 4.69) is 78.5 Å². The third kappa shape index (κ3) is 2.00. The van der Waals surface area contributed by atoms with Gasteiger partial charge in [-0.1, -0.05) is 48.5 Å². The zero-order chi connectivity index (χ0) is 14.2. The Morgan fingerprint density at radius 2 is 1.62 bits per heavy atom. The van der Waals surface area contributed by atoms with Crippen LogP contribution in [0.25, 0.3) is 21.8 Å². The second-order valence-corrected chi connectivity index (χ2v) is 5.43. The van der Waals surface area contributed by atoms with E-state index in [1.807, 2.05) is 0 Å². The molecule has 4 aromatic rings. The lowest BCUT2D eigenvalue weighted by Gasteiger charge is -2.08. The lowest BCUT2D eigenvalue weighted by atomic mass is 10.0. The van der Waals surface area contributed by atoms with Crippen LogP contribution in [0.1, 0.15) is 11.3 Å². The van der Waals surface area contributed by atoms with E-state index in [1.165, 1.54) is 21.9 Å². The molecule has 0 atom stereocenters. The van der Waals surface area contributed by atoms with Crippen molar-refractivity contribution in [3.05, 3.63) is 78.1 Å². The molecule has 2 nitrogen and oxygen atoms in total. The van der Waals surface area contributed by atoms with E-state index in [1.54, 1.807) is 0 Å². The van der Waals surface area contributed by atoms with E-state index in [4.69, 9.17) is 4.98 Å². The topological polar surface area (TPSA) is 17.8 Å². The maximum absolute atomic E-state index is 4.90. The van der Waals surface area contributed by atoms with Gasteiger partial charge in [0.15, 0.2) is 0 Å². The molecular formula is C19H16N2. The summed E-state index contributed by atoms with van der Waals surface area (Å²) in [7, 11) is 2.10. The highest BCUT2D eigenvalue weighted by atomic mass is 14.9. The molecule has 0 fully saturated rings. The van der Waals surface area contributed by atoms with E-state index in [0.29, 0.717) is 0 Å². The van der Waals surface area contributed by atoms with Gasteiger partial charge in [-0.25, -0.2) is 0 Å². The van der Waals surface area contributed by atoms with Crippen molar-refractivity contribution in [1.29, 1.82) is 0 Å². The fourth-order valence-electron chi connectivity index (χ4n) is 3.00. The number of para-hydroxylation sites is 1. The van der Waals surface area contributed by atoms with E-state index < -0.39 is 0 Å². The number of rotatable bonds is 2. The average Bonchev–Trinajstić information content (AvgIpc) is 2.91. The summed E-state index contributed by atoms with van der Waals surface area (Å²) in [5.74, 6) is 0. The highest BCUT2D eigenvalue weighted by molar-refractivity contribution is 6.05. The van der Waals surface area contributed by atoms with Crippen LogP contribution in [0.3, 0.4) is 0 Å². The number of pyridine rings is 1. The molecule has 102 valence electrons. The molecule has 0 aliphatic rings. The van der Waals surface area contributed by atoms with Gasteiger partial charge in [-0.3, -0.25) is 4.98 Å². The van der Waals surface area contributed by atoms with Crippen molar-refractivity contribution in [2.45, 2.75) is 6.42 Å². The minimum Gasteiger partial charge on any atom is -0.350 e. The van der Waals surface area contributed by atoms with E-state index >= 15 is 0 Å². The lowest BCUT2D eigenvalue weighted by molar-refractivity contribution is 0.972. The first-order chi connectivity index (χ1) is 10.3. The molecule has 0 N–H and O–H groups in total. The smallest absolute Gasteiger partial charge is 0.0726 e. The van der Waals surface area contributed by atoms with E-state index in [9.17, 15) is 0 Å². The minimum absolute atomic E-state index is 0.867. The molecule has 0 saturated heterocycles. The molecule has 2 heteroatoms. The lowest BCUT2D eigenvalue weighted by Crippen LogP contribution is -1.96. The summed E-state index contributed by atoms with van der Waals surface area (Å²) in [6.45, 7) is 0. The van der Waals surface area contributed by atoms with E-state index in [0.717, 1.165) is 17.6 Å². The number of aromatic nitrogens is 2. The number of hydrogen-bond donors (Lipinski definition) is 0. The van der Waals surface area contributed by atoms with Gasteiger partial charge in [0.25, 0.3) is 0 Å². The predicted octanol–water partition coefficient (Wildman–Crippen LogP) is 4.32. The SMILES string of the molecule is Cn1ccc2c(Cc3ccccc3)nc3ccccc3c21. The minimum atomic E-state index is 0.867. The third-order valence-electron chi connectivity index (χ3n) is 4.01. The Morgan fingerprint density at radius 3 is 2.48 bits per heavy atom. The molecule has 0 bridgehead atoms. The summed E-state index contributed by atoms with van der Waals surface area (Å²) in [5, 5.41) is 2.47.